The summed E-state index contributed by atoms with van der Waals surface area (Å²) in [5, 5.41) is 11.9. The summed E-state index contributed by atoms with van der Waals surface area (Å²) in [4.78, 5) is 19.3. The number of hydrogen-bond donors (Lipinski definition) is 1. The van der Waals surface area contributed by atoms with E-state index >= 15 is 0 Å². The average molecular weight is 574 g/mol. The smallest absolute Gasteiger partial charge is 0.271 e. The van der Waals surface area contributed by atoms with Gasteiger partial charge in [0.1, 0.15) is 5.75 Å². The van der Waals surface area contributed by atoms with E-state index in [1.807, 2.05) is 18.2 Å². The van der Waals surface area contributed by atoms with Crippen LogP contribution >= 0.6 is 57.7 Å². The molecule has 180 valence electrons. The maximum Gasteiger partial charge on any atom is 0.271 e. The van der Waals surface area contributed by atoms with Gasteiger partial charge in [-0.1, -0.05) is 88.1 Å². The lowest BCUT2D eigenvalue weighted by molar-refractivity contribution is 0.474. The Morgan fingerprint density at radius 3 is 2.56 bits per heavy atom. The molecular weight excluding hydrogens is 558 g/mol. The summed E-state index contributed by atoms with van der Waals surface area (Å²) in [6.45, 7) is 0. The van der Waals surface area contributed by atoms with Crippen LogP contribution in [0.1, 0.15) is 34.7 Å². The zero-order chi connectivity index (χ0) is 25.1. The number of halogens is 4. The summed E-state index contributed by atoms with van der Waals surface area (Å²) in [5.41, 5.74) is 5.08. The molecule has 6 rings (SSSR count). The first-order valence-electron chi connectivity index (χ1n) is 11.1. The van der Waals surface area contributed by atoms with Gasteiger partial charge in [0.2, 0.25) is 0 Å². The van der Waals surface area contributed by atoms with Crippen molar-refractivity contribution >= 4 is 69.5 Å². The second-order valence-corrected chi connectivity index (χ2v) is 11.3. The van der Waals surface area contributed by atoms with Gasteiger partial charge in [-0.3, -0.25) is 9.36 Å². The molecule has 0 saturated heterocycles. The quantitative estimate of drug-likeness (QED) is 0.292. The summed E-state index contributed by atoms with van der Waals surface area (Å²) in [7, 11) is 0. The molecule has 0 amide bonds. The highest BCUT2D eigenvalue weighted by atomic mass is 35.5. The third kappa shape index (κ3) is 3.90. The average Bonchev–Trinajstić information content (AvgIpc) is 3.16. The molecule has 1 N–H and O–H groups in total. The molecule has 0 spiro atoms. The maximum absolute atomic E-state index is 13.8. The molecule has 36 heavy (non-hydrogen) atoms. The molecule has 2 heterocycles. The van der Waals surface area contributed by atoms with Crippen molar-refractivity contribution in [2.45, 2.75) is 18.9 Å². The number of phenols is 1. The Morgan fingerprint density at radius 1 is 0.972 bits per heavy atom. The Bertz CT molecular complexity index is 1790. The fraction of sp³-hybridized carbons (Fsp3) is 0.111. The van der Waals surface area contributed by atoms with Crippen LogP contribution in [0.2, 0.25) is 20.1 Å². The van der Waals surface area contributed by atoms with Gasteiger partial charge in [-0.05, 0) is 59.9 Å². The number of hydrogen-bond acceptors (Lipinski definition) is 4. The van der Waals surface area contributed by atoms with E-state index in [-0.39, 0.29) is 16.3 Å². The predicted octanol–water partition coefficient (Wildman–Crippen LogP) is 6.64. The molecular formula is C27H16Cl4N2O2S. The molecule has 0 radical (unpaired) electrons. The minimum Gasteiger partial charge on any atom is -0.506 e. The molecule has 1 aromatic heterocycles. The number of benzene rings is 3. The second-order valence-electron chi connectivity index (χ2n) is 8.60. The van der Waals surface area contributed by atoms with Gasteiger partial charge in [0.05, 0.1) is 21.3 Å². The number of thiazole rings is 1. The number of aromatic nitrogens is 1. The van der Waals surface area contributed by atoms with Crippen LogP contribution in [0.25, 0.3) is 11.8 Å². The summed E-state index contributed by atoms with van der Waals surface area (Å²) in [6.07, 6.45) is 3.17. The largest absolute Gasteiger partial charge is 0.506 e. The molecule has 9 heteroatoms. The van der Waals surface area contributed by atoms with E-state index < -0.39 is 6.04 Å². The molecule has 1 aliphatic carbocycles. The fourth-order valence-electron chi connectivity index (χ4n) is 4.86. The Balaban J connectivity index is 1.66. The van der Waals surface area contributed by atoms with Gasteiger partial charge in [0, 0.05) is 26.2 Å². The Labute approximate surface area is 230 Å². The summed E-state index contributed by atoms with van der Waals surface area (Å²) in [5.74, 6) is -0.141. The van der Waals surface area contributed by atoms with E-state index in [0.29, 0.717) is 30.0 Å². The first kappa shape index (κ1) is 23.8. The molecule has 4 nitrogen and oxygen atoms in total. The van der Waals surface area contributed by atoms with Crippen LogP contribution in [0.3, 0.4) is 0 Å². The first-order chi connectivity index (χ1) is 17.3. The molecule has 1 unspecified atom stereocenters. The zero-order valence-electron chi connectivity index (χ0n) is 18.4. The van der Waals surface area contributed by atoms with Crippen LogP contribution in [-0.2, 0) is 6.42 Å². The number of fused-ring (bicyclic) bond motifs is 3. The lowest BCUT2D eigenvalue weighted by atomic mass is 9.83. The monoisotopic (exact) mass is 572 g/mol. The van der Waals surface area contributed by atoms with Crippen molar-refractivity contribution in [2.75, 3.05) is 0 Å². The van der Waals surface area contributed by atoms with E-state index in [1.165, 1.54) is 23.0 Å². The van der Waals surface area contributed by atoms with Crippen molar-refractivity contribution in [2.24, 2.45) is 4.99 Å². The highest BCUT2D eigenvalue weighted by molar-refractivity contribution is 7.07. The molecule has 4 aromatic rings. The normalized spacial score (nSPS) is 16.9. The fourth-order valence-corrected chi connectivity index (χ4v) is 6.87. The van der Waals surface area contributed by atoms with E-state index in [2.05, 4.69) is 12.1 Å². The zero-order valence-corrected chi connectivity index (χ0v) is 22.3. The summed E-state index contributed by atoms with van der Waals surface area (Å²) in [6, 6.07) is 16.1. The third-order valence-corrected chi connectivity index (χ3v) is 8.53. The number of allylic oxidation sites excluding steroid dienone is 1. The van der Waals surface area contributed by atoms with Crippen LogP contribution in [0.4, 0.5) is 0 Å². The lowest BCUT2D eigenvalue weighted by Gasteiger charge is -2.31. The Morgan fingerprint density at radius 2 is 1.75 bits per heavy atom. The predicted molar refractivity (Wildman–Crippen MR) is 147 cm³/mol. The van der Waals surface area contributed by atoms with E-state index in [1.54, 1.807) is 28.8 Å². The number of nitrogens with zero attached hydrogens (tertiary/aromatic N) is 2. The van der Waals surface area contributed by atoms with Gasteiger partial charge in [-0.15, -0.1) is 0 Å². The Hall–Kier alpha value is -2.54. The minimum atomic E-state index is -0.437. The van der Waals surface area contributed by atoms with Crippen molar-refractivity contribution in [1.29, 1.82) is 0 Å². The number of aromatic hydroxyl groups is 1. The van der Waals surface area contributed by atoms with Gasteiger partial charge in [0.15, 0.2) is 4.80 Å². The molecule has 3 aromatic carbocycles. The van der Waals surface area contributed by atoms with Crippen LogP contribution in [0.15, 0.2) is 70.0 Å². The van der Waals surface area contributed by atoms with Crippen molar-refractivity contribution in [3.05, 3.63) is 122 Å². The molecule has 1 atom stereocenters. The van der Waals surface area contributed by atoms with Crippen LogP contribution < -0.4 is 14.9 Å². The van der Waals surface area contributed by atoms with Crippen molar-refractivity contribution in [3.63, 3.8) is 0 Å². The molecule has 1 aliphatic heterocycles. The third-order valence-electron chi connectivity index (χ3n) is 6.47. The standard InChI is InChI=1S/C27H16Cl4N2O2S/c28-15-6-8-18(20(30)11-15)24-19-7-5-13-3-1-2-4-17(13)23(19)32-27-33(24)26(35)22(36-27)10-14-9-16(29)12-21(31)25(14)34/h1-4,6,8-12,24,34H,5,7H2/b22-10+. The van der Waals surface area contributed by atoms with Gasteiger partial charge in [0.25, 0.3) is 5.56 Å². The maximum atomic E-state index is 13.8. The van der Waals surface area contributed by atoms with Gasteiger partial charge < -0.3 is 5.11 Å². The van der Waals surface area contributed by atoms with E-state index in [0.717, 1.165) is 35.2 Å². The number of rotatable bonds is 2. The SMILES string of the molecule is O=c1/c(=C\c2cc(Cl)cc(Cl)c2O)sc2n1C(c1ccc(Cl)cc1Cl)C1=C(N=2)c2ccccc2CC1. The van der Waals surface area contributed by atoms with Crippen LogP contribution in [0, 0.1) is 0 Å². The van der Waals surface area contributed by atoms with Gasteiger partial charge >= 0.3 is 0 Å². The molecule has 0 saturated carbocycles. The highest BCUT2D eigenvalue weighted by Crippen LogP contribution is 2.43. The van der Waals surface area contributed by atoms with Crippen LogP contribution in [0.5, 0.6) is 5.75 Å². The van der Waals surface area contributed by atoms with E-state index in [9.17, 15) is 9.90 Å². The molecule has 0 fully saturated rings. The second kappa shape index (κ2) is 9.09. The van der Waals surface area contributed by atoms with Gasteiger partial charge in [-0.2, -0.15) is 0 Å². The Kier molecular flexibility index (Phi) is 6.02. The van der Waals surface area contributed by atoms with Crippen LogP contribution in [-0.4, -0.2) is 9.67 Å². The summed E-state index contributed by atoms with van der Waals surface area (Å²) >= 11 is 26.4. The van der Waals surface area contributed by atoms with Crippen molar-refractivity contribution < 1.29 is 5.11 Å². The first-order valence-corrected chi connectivity index (χ1v) is 13.4. The summed E-state index contributed by atoms with van der Waals surface area (Å²) < 4.78 is 2.08. The van der Waals surface area contributed by atoms with E-state index in [4.69, 9.17) is 51.4 Å². The van der Waals surface area contributed by atoms with Gasteiger partial charge in [-0.25, -0.2) is 4.99 Å². The van der Waals surface area contributed by atoms with Crippen molar-refractivity contribution in [1.82, 2.24) is 4.57 Å². The van der Waals surface area contributed by atoms with Crippen molar-refractivity contribution in [3.8, 4) is 5.75 Å². The molecule has 0 bridgehead atoms. The lowest BCUT2D eigenvalue weighted by Crippen LogP contribution is -2.38. The number of phenolic OH excluding ortho intramolecular Hbond substituents is 1. The highest BCUT2D eigenvalue weighted by Gasteiger charge is 2.33. The minimum absolute atomic E-state index is 0.111. The number of aryl methyl sites for hydroxylation is 1. The molecule has 2 aliphatic rings. The topological polar surface area (TPSA) is 54.6 Å².